The molecule has 1 saturated heterocycles. The number of hydrogen-bond acceptors (Lipinski definition) is 4. The van der Waals surface area contributed by atoms with Gasteiger partial charge in [-0.1, -0.05) is 0 Å². The molecule has 2 rings (SSSR count). The smallest absolute Gasteiger partial charge is 0.327 e. The van der Waals surface area contributed by atoms with E-state index in [1.54, 1.807) is 19.1 Å². The van der Waals surface area contributed by atoms with E-state index >= 15 is 0 Å². The van der Waals surface area contributed by atoms with Gasteiger partial charge in [0.1, 0.15) is 11.2 Å². The van der Waals surface area contributed by atoms with Gasteiger partial charge in [-0.05, 0) is 19.1 Å². The molecular weight excluding hydrogens is 172 g/mol. The van der Waals surface area contributed by atoms with Gasteiger partial charge in [0.15, 0.2) is 0 Å². The number of carbonyl (C=O) groups excluding carboxylic acids is 2. The van der Waals surface area contributed by atoms with E-state index in [9.17, 15) is 9.59 Å². The van der Waals surface area contributed by atoms with E-state index in [-0.39, 0.29) is 6.42 Å². The molecule has 1 fully saturated rings. The Balaban J connectivity index is 2.42. The van der Waals surface area contributed by atoms with Crippen LogP contribution in [-0.4, -0.2) is 11.9 Å². The first-order valence-electron chi connectivity index (χ1n) is 3.92. The monoisotopic (exact) mass is 180 g/mol. The molecule has 0 amide bonds. The maximum Gasteiger partial charge on any atom is 0.327 e. The molecule has 4 nitrogen and oxygen atoms in total. The molecule has 0 aliphatic carbocycles. The summed E-state index contributed by atoms with van der Waals surface area (Å²) < 4.78 is 9.55. The van der Waals surface area contributed by atoms with Crippen LogP contribution >= 0.6 is 0 Å². The molecule has 1 aliphatic rings. The summed E-state index contributed by atoms with van der Waals surface area (Å²) in [4.78, 5) is 22.2. The molecule has 68 valence electrons. The first kappa shape index (κ1) is 8.04. The highest BCUT2D eigenvalue weighted by atomic mass is 16.6. The van der Waals surface area contributed by atoms with Crippen LogP contribution in [0, 0.1) is 0 Å². The van der Waals surface area contributed by atoms with Crippen molar-refractivity contribution >= 4 is 11.9 Å². The molecule has 0 spiro atoms. The van der Waals surface area contributed by atoms with E-state index in [2.05, 4.69) is 4.74 Å². The zero-order chi connectivity index (χ0) is 9.47. The SMILES string of the molecule is CC1(c2ccco2)CC(=O)OC1=O. The highest BCUT2D eigenvalue weighted by Gasteiger charge is 2.48. The topological polar surface area (TPSA) is 56.5 Å². The van der Waals surface area contributed by atoms with Gasteiger partial charge in [-0.2, -0.15) is 0 Å². The van der Waals surface area contributed by atoms with Crippen molar-refractivity contribution < 1.29 is 18.7 Å². The third-order valence-electron chi connectivity index (χ3n) is 2.22. The Labute approximate surface area is 74.5 Å². The first-order chi connectivity index (χ1) is 6.13. The average Bonchev–Trinajstić information content (AvgIpc) is 2.61. The van der Waals surface area contributed by atoms with E-state index in [1.807, 2.05) is 0 Å². The van der Waals surface area contributed by atoms with Gasteiger partial charge in [0.25, 0.3) is 0 Å². The molecule has 13 heavy (non-hydrogen) atoms. The van der Waals surface area contributed by atoms with Crippen molar-refractivity contribution in [2.75, 3.05) is 0 Å². The summed E-state index contributed by atoms with van der Waals surface area (Å²) in [5, 5.41) is 0. The highest BCUT2D eigenvalue weighted by Crippen LogP contribution is 2.34. The van der Waals surface area contributed by atoms with Crippen molar-refractivity contribution in [1.82, 2.24) is 0 Å². The van der Waals surface area contributed by atoms with E-state index in [0.29, 0.717) is 5.76 Å². The van der Waals surface area contributed by atoms with Crippen LogP contribution in [0.2, 0.25) is 0 Å². The highest BCUT2D eigenvalue weighted by molar-refractivity contribution is 6.00. The van der Waals surface area contributed by atoms with E-state index in [0.717, 1.165) is 0 Å². The second kappa shape index (κ2) is 2.45. The largest absolute Gasteiger partial charge is 0.468 e. The van der Waals surface area contributed by atoms with Crippen LogP contribution in [0.5, 0.6) is 0 Å². The van der Waals surface area contributed by atoms with Gasteiger partial charge in [0, 0.05) is 0 Å². The predicted molar refractivity (Wildman–Crippen MR) is 41.8 cm³/mol. The van der Waals surface area contributed by atoms with E-state index < -0.39 is 17.4 Å². The lowest BCUT2D eigenvalue weighted by Crippen LogP contribution is -2.26. The molecule has 1 aliphatic heterocycles. The molecule has 1 aromatic rings. The number of rotatable bonds is 1. The fourth-order valence-electron chi connectivity index (χ4n) is 1.39. The summed E-state index contributed by atoms with van der Waals surface area (Å²) in [7, 11) is 0. The van der Waals surface area contributed by atoms with Gasteiger partial charge < -0.3 is 9.15 Å². The van der Waals surface area contributed by atoms with Crippen LogP contribution in [0.3, 0.4) is 0 Å². The molecule has 1 aromatic heterocycles. The zero-order valence-electron chi connectivity index (χ0n) is 7.07. The number of ether oxygens (including phenoxy) is 1. The molecule has 1 unspecified atom stereocenters. The van der Waals surface area contributed by atoms with Gasteiger partial charge in [-0.25, -0.2) is 0 Å². The standard InChI is InChI=1S/C9H8O4/c1-9(6-3-2-4-12-6)5-7(10)13-8(9)11/h2-4H,5H2,1H3. The summed E-state index contributed by atoms with van der Waals surface area (Å²) in [5.41, 5.74) is -0.930. The lowest BCUT2D eigenvalue weighted by molar-refractivity contribution is -0.153. The summed E-state index contributed by atoms with van der Waals surface area (Å²) in [6, 6.07) is 3.34. The summed E-state index contributed by atoms with van der Waals surface area (Å²) in [6.07, 6.45) is 1.52. The maximum atomic E-state index is 11.3. The normalized spacial score (nSPS) is 27.8. The first-order valence-corrected chi connectivity index (χ1v) is 3.92. The quantitative estimate of drug-likeness (QED) is 0.478. The second-order valence-electron chi connectivity index (χ2n) is 3.25. The molecule has 4 heteroatoms. The number of carbonyl (C=O) groups is 2. The van der Waals surface area contributed by atoms with Gasteiger partial charge >= 0.3 is 11.9 Å². The molecule has 2 heterocycles. The minimum Gasteiger partial charge on any atom is -0.468 e. The summed E-state index contributed by atoms with van der Waals surface area (Å²) >= 11 is 0. The van der Waals surface area contributed by atoms with Crippen molar-refractivity contribution in [3.05, 3.63) is 24.2 Å². The van der Waals surface area contributed by atoms with Crippen molar-refractivity contribution in [3.63, 3.8) is 0 Å². The Morgan fingerprint density at radius 3 is 2.69 bits per heavy atom. The van der Waals surface area contributed by atoms with Crippen LogP contribution < -0.4 is 0 Å². The van der Waals surface area contributed by atoms with Crippen molar-refractivity contribution in [2.45, 2.75) is 18.8 Å². The summed E-state index contributed by atoms with van der Waals surface area (Å²) in [5.74, 6) is -0.556. The van der Waals surface area contributed by atoms with Gasteiger partial charge in [-0.15, -0.1) is 0 Å². The van der Waals surface area contributed by atoms with Crippen molar-refractivity contribution in [2.24, 2.45) is 0 Å². The molecule has 0 N–H and O–H groups in total. The molecule has 1 atom stereocenters. The Hall–Kier alpha value is -1.58. The average molecular weight is 180 g/mol. The minimum absolute atomic E-state index is 0.0549. The Morgan fingerprint density at radius 2 is 2.23 bits per heavy atom. The molecule has 0 bridgehead atoms. The number of furan rings is 1. The lowest BCUT2D eigenvalue weighted by atomic mass is 9.86. The third-order valence-corrected chi connectivity index (χ3v) is 2.22. The lowest BCUT2D eigenvalue weighted by Gasteiger charge is -2.13. The third kappa shape index (κ3) is 1.06. The van der Waals surface area contributed by atoms with Crippen LogP contribution in [0.1, 0.15) is 19.1 Å². The van der Waals surface area contributed by atoms with Gasteiger partial charge in [-0.3, -0.25) is 9.59 Å². The summed E-state index contributed by atoms with van der Waals surface area (Å²) in [6.45, 7) is 1.64. The predicted octanol–water partition coefficient (Wildman–Crippen LogP) is 1.01. The molecule has 0 aromatic carbocycles. The van der Waals surface area contributed by atoms with Crippen LogP contribution in [0.15, 0.2) is 22.8 Å². The van der Waals surface area contributed by atoms with Crippen LogP contribution in [0.4, 0.5) is 0 Å². The Morgan fingerprint density at radius 1 is 1.46 bits per heavy atom. The fourth-order valence-corrected chi connectivity index (χ4v) is 1.39. The number of hydrogen-bond donors (Lipinski definition) is 0. The van der Waals surface area contributed by atoms with Crippen molar-refractivity contribution in [3.8, 4) is 0 Å². The van der Waals surface area contributed by atoms with Gasteiger partial charge in [0.05, 0.1) is 12.7 Å². The molecular formula is C9H8O4. The van der Waals surface area contributed by atoms with Crippen molar-refractivity contribution in [1.29, 1.82) is 0 Å². The van der Waals surface area contributed by atoms with Crippen LogP contribution in [0.25, 0.3) is 0 Å². The zero-order valence-corrected chi connectivity index (χ0v) is 7.07. The second-order valence-corrected chi connectivity index (χ2v) is 3.25. The minimum atomic E-state index is -0.930. The Kier molecular flexibility index (Phi) is 1.52. The van der Waals surface area contributed by atoms with E-state index in [4.69, 9.17) is 4.42 Å². The maximum absolute atomic E-state index is 11.3. The molecule has 0 radical (unpaired) electrons. The number of esters is 2. The number of cyclic esters (lactones) is 2. The Bertz CT molecular complexity index is 352. The van der Waals surface area contributed by atoms with E-state index in [1.165, 1.54) is 6.26 Å². The van der Waals surface area contributed by atoms with Gasteiger partial charge in [0.2, 0.25) is 0 Å². The molecule has 0 saturated carbocycles. The fraction of sp³-hybridized carbons (Fsp3) is 0.333. The van der Waals surface area contributed by atoms with Crippen LogP contribution in [-0.2, 0) is 19.7 Å².